The van der Waals surface area contributed by atoms with Gasteiger partial charge < -0.3 is 4.74 Å². The Balaban J connectivity index is 1.91. The number of hydrogen-bond acceptors (Lipinski definition) is 2. The number of hydrogen-bond donors (Lipinski definition) is 0. The van der Waals surface area contributed by atoms with Gasteiger partial charge in [0.15, 0.2) is 5.78 Å². The Kier molecular flexibility index (Phi) is 4.80. The van der Waals surface area contributed by atoms with E-state index in [9.17, 15) is 4.79 Å². The average molecular weight is 246 g/mol. The summed E-state index contributed by atoms with van der Waals surface area (Å²) in [6.45, 7) is 2.62. The summed E-state index contributed by atoms with van der Waals surface area (Å²) in [6, 6.07) is 7.54. The molecule has 1 aromatic rings. The Labute approximate surface area is 109 Å². The van der Waals surface area contributed by atoms with Gasteiger partial charge in [0.05, 0.1) is 6.61 Å². The van der Waals surface area contributed by atoms with E-state index >= 15 is 0 Å². The third-order valence-corrected chi connectivity index (χ3v) is 3.69. The maximum Gasteiger partial charge on any atom is 0.163 e. The second kappa shape index (κ2) is 6.58. The van der Waals surface area contributed by atoms with Crippen molar-refractivity contribution in [3.05, 3.63) is 29.8 Å². The first-order valence-corrected chi connectivity index (χ1v) is 7.05. The lowest BCUT2D eigenvalue weighted by molar-refractivity contribution is 0.0950. The van der Waals surface area contributed by atoms with Gasteiger partial charge in [-0.3, -0.25) is 4.79 Å². The highest BCUT2D eigenvalue weighted by atomic mass is 16.5. The predicted octanol–water partition coefficient (Wildman–Crippen LogP) is 4.24. The van der Waals surface area contributed by atoms with Gasteiger partial charge in [0.25, 0.3) is 0 Å². The van der Waals surface area contributed by atoms with Crippen molar-refractivity contribution < 1.29 is 9.53 Å². The molecule has 0 heterocycles. The van der Waals surface area contributed by atoms with E-state index in [2.05, 4.69) is 0 Å². The Hall–Kier alpha value is -1.31. The maximum absolute atomic E-state index is 12.1. The predicted molar refractivity (Wildman–Crippen MR) is 73.1 cm³/mol. The lowest BCUT2D eigenvalue weighted by atomic mass is 9.85. The van der Waals surface area contributed by atoms with Crippen LogP contribution in [0.15, 0.2) is 24.3 Å². The first-order valence-electron chi connectivity index (χ1n) is 7.05. The minimum absolute atomic E-state index is 0.282. The lowest BCUT2D eigenvalue weighted by Gasteiger charge is -2.20. The number of carbonyl (C=O) groups is 1. The van der Waals surface area contributed by atoms with Crippen molar-refractivity contribution in [2.24, 2.45) is 5.92 Å². The highest BCUT2D eigenvalue weighted by Crippen LogP contribution is 2.27. The van der Waals surface area contributed by atoms with Gasteiger partial charge in [-0.1, -0.05) is 32.1 Å². The fourth-order valence-corrected chi connectivity index (χ4v) is 2.68. The summed E-state index contributed by atoms with van der Waals surface area (Å²) in [5, 5.41) is 0. The average Bonchev–Trinajstić information content (AvgIpc) is 2.41. The molecule has 1 aromatic carbocycles. The summed E-state index contributed by atoms with van der Waals surface area (Å²) in [6.07, 6.45) is 7.09. The van der Waals surface area contributed by atoms with E-state index in [0.29, 0.717) is 18.9 Å². The van der Waals surface area contributed by atoms with Crippen LogP contribution in [0.5, 0.6) is 5.75 Å². The summed E-state index contributed by atoms with van der Waals surface area (Å²) in [5.41, 5.74) is 0.823. The summed E-state index contributed by atoms with van der Waals surface area (Å²) >= 11 is 0. The molecule has 0 N–H and O–H groups in total. The van der Waals surface area contributed by atoms with Crippen molar-refractivity contribution in [1.29, 1.82) is 0 Å². The van der Waals surface area contributed by atoms with Gasteiger partial charge in [0.2, 0.25) is 0 Å². The molecule has 0 atom stereocenters. The Morgan fingerprint density at radius 3 is 2.44 bits per heavy atom. The number of carbonyl (C=O) groups excluding carboxylic acids is 1. The van der Waals surface area contributed by atoms with Crippen LogP contribution < -0.4 is 4.74 Å². The van der Waals surface area contributed by atoms with E-state index < -0.39 is 0 Å². The van der Waals surface area contributed by atoms with Crippen LogP contribution in [0.2, 0.25) is 0 Å². The van der Waals surface area contributed by atoms with Crippen LogP contribution in [0.1, 0.15) is 55.8 Å². The van der Waals surface area contributed by atoms with Crippen LogP contribution in [-0.4, -0.2) is 12.4 Å². The molecule has 1 aliphatic rings. The lowest BCUT2D eigenvalue weighted by Crippen LogP contribution is -2.12. The minimum Gasteiger partial charge on any atom is -0.494 e. The first kappa shape index (κ1) is 13.1. The Morgan fingerprint density at radius 1 is 1.17 bits per heavy atom. The molecule has 1 saturated carbocycles. The molecule has 2 heteroatoms. The highest BCUT2D eigenvalue weighted by Gasteiger charge is 2.17. The number of benzene rings is 1. The molecule has 18 heavy (non-hydrogen) atoms. The van der Waals surface area contributed by atoms with Gasteiger partial charge in [-0.2, -0.15) is 0 Å². The second-order valence-electron chi connectivity index (χ2n) is 5.09. The second-order valence-corrected chi connectivity index (χ2v) is 5.09. The molecule has 0 amide bonds. The summed E-state index contributed by atoms with van der Waals surface area (Å²) in [4.78, 5) is 12.1. The summed E-state index contributed by atoms with van der Waals surface area (Å²) in [7, 11) is 0. The standard InChI is InChI=1S/C16H22O2/c1-2-18-15-10-8-14(9-11-15)16(17)12-13-6-4-3-5-7-13/h8-11,13H,2-7,12H2,1H3. The zero-order valence-corrected chi connectivity index (χ0v) is 11.2. The van der Waals surface area contributed by atoms with E-state index in [-0.39, 0.29) is 5.78 Å². The summed E-state index contributed by atoms with van der Waals surface area (Å²) in [5.74, 6) is 1.73. The van der Waals surface area contributed by atoms with Crippen molar-refractivity contribution in [1.82, 2.24) is 0 Å². The molecule has 0 spiro atoms. The number of ether oxygens (including phenoxy) is 1. The zero-order chi connectivity index (χ0) is 12.8. The van der Waals surface area contributed by atoms with Crippen molar-refractivity contribution in [3.8, 4) is 5.75 Å². The van der Waals surface area contributed by atoms with Crippen molar-refractivity contribution in [2.75, 3.05) is 6.61 Å². The molecule has 2 nitrogen and oxygen atoms in total. The van der Waals surface area contributed by atoms with Crippen LogP contribution in [0.25, 0.3) is 0 Å². The van der Waals surface area contributed by atoms with E-state index in [4.69, 9.17) is 4.74 Å². The molecule has 0 radical (unpaired) electrons. The van der Waals surface area contributed by atoms with Gasteiger partial charge in [-0.05, 0) is 37.1 Å². The van der Waals surface area contributed by atoms with Crippen molar-refractivity contribution in [3.63, 3.8) is 0 Å². The van der Waals surface area contributed by atoms with Gasteiger partial charge in [0.1, 0.15) is 5.75 Å². The molecule has 0 aliphatic heterocycles. The van der Waals surface area contributed by atoms with Crippen LogP contribution >= 0.6 is 0 Å². The smallest absolute Gasteiger partial charge is 0.163 e. The Bertz CT molecular complexity index is 375. The number of Topliss-reactive ketones (excluding diaryl/α,β-unsaturated/α-hetero) is 1. The monoisotopic (exact) mass is 246 g/mol. The number of rotatable bonds is 5. The highest BCUT2D eigenvalue weighted by molar-refractivity contribution is 5.96. The van der Waals surface area contributed by atoms with E-state index in [0.717, 1.165) is 11.3 Å². The minimum atomic E-state index is 0.282. The van der Waals surface area contributed by atoms with Crippen molar-refractivity contribution in [2.45, 2.75) is 45.4 Å². The topological polar surface area (TPSA) is 26.3 Å². The van der Waals surface area contributed by atoms with E-state index in [1.54, 1.807) is 0 Å². The quantitative estimate of drug-likeness (QED) is 0.726. The zero-order valence-electron chi connectivity index (χ0n) is 11.2. The molecule has 98 valence electrons. The SMILES string of the molecule is CCOc1ccc(C(=O)CC2CCCCC2)cc1. The molecule has 0 aromatic heterocycles. The van der Waals surface area contributed by atoms with E-state index in [1.807, 2.05) is 31.2 Å². The fourth-order valence-electron chi connectivity index (χ4n) is 2.68. The molecule has 0 bridgehead atoms. The fraction of sp³-hybridized carbons (Fsp3) is 0.562. The van der Waals surface area contributed by atoms with Crippen molar-refractivity contribution >= 4 is 5.78 Å². The molecular weight excluding hydrogens is 224 g/mol. The normalized spacial score (nSPS) is 16.5. The summed E-state index contributed by atoms with van der Waals surface area (Å²) < 4.78 is 5.38. The molecule has 1 fully saturated rings. The van der Waals surface area contributed by atoms with Crippen LogP contribution in [0.4, 0.5) is 0 Å². The van der Waals surface area contributed by atoms with E-state index in [1.165, 1.54) is 32.1 Å². The Morgan fingerprint density at radius 2 is 1.83 bits per heavy atom. The molecule has 0 unspecified atom stereocenters. The molecule has 1 aliphatic carbocycles. The number of ketones is 1. The van der Waals surface area contributed by atoms with Gasteiger partial charge in [-0.15, -0.1) is 0 Å². The first-order chi connectivity index (χ1) is 8.79. The third kappa shape index (κ3) is 3.59. The largest absolute Gasteiger partial charge is 0.494 e. The molecule has 0 saturated heterocycles. The van der Waals surface area contributed by atoms with Crippen LogP contribution in [0.3, 0.4) is 0 Å². The van der Waals surface area contributed by atoms with Gasteiger partial charge >= 0.3 is 0 Å². The molecule has 2 rings (SSSR count). The van der Waals surface area contributed by atoms with Gasteiger partial charge in [-0.25, -0.2) is 0 Å². The van der Waals surface area contributed by atoms with Gasteiger partial charge in [0, 0.05) is 12.0 Å². The van der Waals surface area contributed by atoms with Crippen LogP contribution in [0, 0.1) is 5.92 Å². The third-order valence-electron chi connectivity index (χ3n) is 3.69. The van der Waals surface area contributed by atoms with Crippen LogP contribution in [-0.2, 0) is 0 Å². The molecular formula is C16H22O2. The maximum atomic E-state index is 12.1.